The molecule has 0 bridgehead atoms. The van der Waals surface area contributed by atoms with E-state index in [1.165, 1.54) is 7.11 Å². The standard InChI is InChI=1S/C8H15N3O4S/c1-6-8(7(2)10-9-6)16(12,13)11-15-5-4-14-3/h11H,4-5H2,1-3H3,(H,9,10). The summed E-state index contributed by atoms with van der Waals surface area (Å²) in [4.78, 5) is 6.89. The topological polar surface area (TPSA) is 93.3 Å². The van der Waals surface area contributed by atoms with Crippen LogP contribution in [0.2, 0.25) is 0 Å². The van der Waals surface area contributed by atoms with Crippen LogP contribution in [0.25, 0.3) is 0 Å². The summed E-state index contributed by atoms with van der Waals surface area (Å²) in [5.41, 5.74) is 0.876. The van der Waals surface area contributed by atoms with Gasteiger partial charge in [-0.2, -0.15) is 5.10 Å². The molecule has 0 aromatic carbocycles. The third-order valence-corrected chi connectivity index (χ3v) is 3.36. The maximum atomic E-state index is 11.8. The predicted molar refractivity (Wildman–Crippen MR) is 56.2 cm³/mol. The largest absolute Gasteiger partial charge is 0.382 e. The van der Waals surface area contributed by atoms with E-state index in [-0.39, 0.29) is 11.5 Å². The van der Waals surface area contributed by atoms with Gasteiger partial charge in [-0.3, -0.25) is 9.94 Å². The van der Waals surface area contributed by atoms with Crippen LogP contribution in [0.1, 0.15) is 11.4 Å². The van der Waals surface area contributed by atoms with Crippen LogP contribution in [0.3, 0.4) is 0 Å². The van der Waals surface area contributed by atoms with Gasteiger partial charge in [0, 0.05) is 7.11 Å². The fourth-order valence-electron chi connectivity index (χ4n) is 1.22. The maximum Gasteiger partial charge on any atom is 0.266 e. The van der Waals surface area contributed by atoms with Crippen molar-refractivity contribution in [2.75, 3.05) is 20.3 Å². The quantitative estimate of drug-likeness (QED) is 0.541. The second-order valence-electron chi connectivity index (χ2n) is 3.19. The zero-order valence-electron chi connectivity index (χ0n) is 9.40. The summed E-state index contributed by atoms with van der Waals surface area (Å²) in [5, 5.41) is 6.40. The lowest BCUT2D eigenvalue weighted by atomic mass is 10.4. The van der Waals surface area contributed by atoms with E-state index in [2.05, 4.69) is 10.2 Å². The zero-order valence-corrected chi connectivity index (χ0v) is 10.2. The van der Waals surface area contributed by atoms with Gasteiger partial charge in [0.15, 0.2) is 0 Å². The van der Waals surface area contributed by atoms with Crippen molar-refractivity contribution >= 4 is 10.0 Å². The molecule has 8 heteroatoms. The minimum absolute atomic E-state index is 0.116. The van der Waals surface area contributed by atoms with Crippen LogP contribution in [0.5, 0.6) is 0 Å². The smallest absolute Gasteiger partial charge is 0.266 e. The Morgan fingerprint density at radius 3 is 2.56 bits per heavy atom. The van der Waals surface area contributed by atoms with Gasteiger partial charge in [0.25, 0.3) is 10.0 Å². The van der Waals surface area contributed by atoms with Crippen LogP contribution in [-0.4, -0.2) is 38.9 Å². The number of ether oxygens (including phenoxy) is 1. The molecule has 0 amide bonds. The molecule has 0 radical (unpaired) electrons. The molecule has 16 heavy (non-hydrogen) atoms. The molecule has 0 saturated heterocycles. The van der Waals surface area contributed by atoms with Crippen molar-refractivity contribution in [2.24, 2.45) is 0 Å². The Morgan fingerprint density at radius 1 is 1.38 bits per heavy atom. The van der Waals surface area contributed by atoms with Crippen molar-refractivity contribution in [3.8, 4) is 0 Å². The second-order valence-corrected chi connectivity index (χ2v) is 4.77. The van der Waals surface area contributed by atoms with E-state index in [1.54, 1.807) is 13.8 Å². The second kappa shape index (κ2) is 5.39. The highest BCUT2D eigenvalue weighted by Gasteiger charge is 2.22. The number of rotatable bonds is 6. The lowest BCUT2D eigenvalue weighted by Crippen LogP contribution is -2.26. The highest BCUT2D eigenvalue weighted by molar-refractivity contribution is 7.89. The van der Waals surface area contributed by atoms with Gasteiger partial charge in [0.2, 0.25) is 0 Å². The summed E-state index contributed by atoms with van der Waals surface area (Å²) in [5.74, 6) is 0. The summed E-state index contributed by atoms with van der Waals surface area (Å²) in [6.45, 7) is 3.69. The number of aromatic amines is 1. The van der Waals surface area contributed by atoms with Crippen molar-refractivity contribution in [3.63, 3.8) is 0 Å². The molecule has 0 aliphatic heterocycles. The van der Waals surface area contributed by atoms with Gasteiger partial charge in [0.05, 0.1) is 24.6 Å². The van der Waals surface area contributed by atoms with Crippen LogP contribution >= 0.6 is 0 Å². The number of aryl methyl sites for hydroxylation is 2. The Morgan fingerprint density at radius 2 is 2.06 bits per heavy atom. The molecule has 0 fully saturated rings. The number of aromatic nitrogens is 2. The molecule has 0 spiro atoms. The van der Waals surface area contributed by atoms with E-state index in [1.807, 2.05) is 4.89 Å². The summed E-state index contributed by atoms with van der Waals surface area (Å²) < 4.78 is 28.2. The Kier molecular flexibility index (Phi) is 4.42. The minimum Gasteiger partial charge on any atom is -0.382 e. The van der Waals surface area contributed by atoms with Gasteiger partial charge in [-0.25, -0.2) is 8.42 Å². The molecule has 1 aromatic heterocycles. The first-order valence-corrected chi connectivity index (χ1v) is 6.11. The van der Waals surface area contributed by atoms with E-state index in [9.17, 15) is 8.42 Å². The molecule has 1 aromatic rings. The molecule has 1 rings (SSSR count). The van der Waals surface area contributed by atoms with Gasteiger partial charge in [-0.15, -0.1) is 0 Å². The molecule has 0 atom stereocenters. The van der Waals surface area contributed by atoms with Gasteiger partial charge in [-0.05, 0) is 13.8 Å². The Bertz CT molecular complexity index is 421. The number of H-pyrrole nitrogens is 1. The first kappa shape index (κ1) is 13.1. The molecular formula is C8H15N3O4S. The van der Waals surface area contributed by atoms with Gasteiger partial charge in [0.1, 0.15) is 4.90 Å². The molecule has 7 nitrogen and oxygen atoms in total. The monoisotopic (exact) mass is 249 g/mol. The molecule has 2 N–H and O–H groups in total. The predicted octanol–water partition coefficient (Wildman–Crippen LogP) is -0.117. The zero-order chi connectivity index (χ0) is 12.2. The van der Waals surface area contributed by atoms with Crippen molar-refractivity contribution in [2.45, 2.75) is 18.7 Å². The first-order valence-electron chi connectivity index (χ1n) is 4.63. The minimum atomic E-state index is -3.68. The molecular weight excluding hydrogens is 234 g/mol. The lowest BCUT2D eigenvalue weighted by Gasteiger charge is -2.06. The Labute approximate surface area is 94.1 Å². The molecule has 0 saturated carbocycles. The molecule has 0 unspecified atom stereocenters. The molecule has 0 aliphatic carbocycles. The normalized spacial score (nSPS) is 11.9. The van der Waals surface area contributed by atoms with E-state index in [0.29, 0.717) is 18.0 Å². The van der Waals surface area contributed by atoms with Crippen LogP contribution in [0.4, 0.5) is 0 Å². The average molecular weight is 249 g/mol. The number of hydrogen-bond acceptors (Lipinski definition) is 5. The number of nitrogens with zero attached hydrogens (tertiary/aromatic N) is 1. The first-order chi connectivity index (χ1) is 7.49. The highest BCUT2D eigenvalue weighted by Crippen LogP contribution is 2.15. The third kappa shape index (κ3) is 3.01. The van der Waals surface area contributed by atoms with E-state index < -0.39 is 10.0 Å². The van der Waals surface area contributed by atoms with E-state index >= 15 is 0 Å². The van der Waals surface area contributed by atoms with Gasteiger partial charge < -0.3 is 4.74 Å². The summed E-state index contributed by atoms with van der Waals surface area (Å²) >= 11 is 0. The van der Waals surface area contributed by atoms with Crippen molar-refractivity contribution < 1.29 is 18.0 Å². The van der Waals surface area contributed by atoms with Gasteiger partial charge >= 0.3 is 0 Å². The lowest BCUT2D eigenvalue weighted by molar-refractivity contribution is 0.0438. The van der Waals surface area contributed by atoms with Crippen molar-refractivity contribution in [3.05, 3.63) is 11.4 Å². The van der Waals surface area contributed by atoms with Crippen molar-refractivity contribution in [1.82, 2.24) is 15.1 Å². The maximum absolute atomic E-state index is 11.8. The summed E-state index contributed by atoms with van der Waals surface area (Å²) in [7, 11) is -2.18. The SMILES string of the molecule is COCCONS(=O)(=O)c1c(C)n[nH]c1C. The summed E-state index contributed by atoms with van der Waals surface area (Å²) in [6.07, 6.45) is 0. The fraction of sp³-hybridized carbons (Fsp3) is 0.625. The average Bonchev–Trinajstić information content (AvgIpc) is 2.54. The summed E-state index contributed by atoms with van der Waals surface area (Å²) in [6, 6.07) is 0. The van der Waals surface area contributed by atoms with Crippen LogP contribution < -0.4 is 4.89 Å². The van der Waals surface area contributed by atoms with Crippen LogP contribution in [0, 0.1) is 13.8 Å². The molecule has 1 heterocycles. The van der Waals surface area contributed by atoms with Crippen LogP contribution in [-0.2, 0) is 19.6 Å². The van der Waals surface area contributed by atoms with E-state index in [0.717, 1.165) is 0 Å². The van der Waals surface area contributed by atoms with Crippen molar-refractivity contribution in [1.29, 1.82) is 0 Å². The highest BCUT2D eigenvalue weighted by atomic mass is 32.2. The molecule has 92 valence electrons. The number of nitrogens with one attached hydrogen (secondary N) is 2. The Hall–Kier alpha value is -0.960. The van der Waals surface area contributed by atoms with Crippen LogP contribution in [0.15, 0.2) is 4.90 Å². The van der Waals surface area contributed by atoms with Gasteiger partial charge in [-0.1, -0.05) is 4.89 Å². The number of methoxy groups -OCH3 is 1. The number of sulfonamides is 1. The number of hydrogen-bond donors (Lipinski definition) is 2. The van der Waals surface area contributed by atoms with E-state index in [4.69, 9.17) is 9.57 Å². The fourth-order valence-corrected chi connectivity index (χ4v) is 2.43. The molecule has 0 aliphatic rings. The third-order valence-electron chi connectivity index (χ3n) is 1.89. The Balaban J connectivity index is 2.71.